The van der Waals surface area contributed by atoms with Crippen molar-refractivity contribution in [3.05, 3.63) is 54.9 Å². The van der Waals surface area contributed by atoms with Crippen LogP contribution in [0.5, 0.6) is 11.5 Å². The lowest BCUT2D eigenvalue weighted by molar-refractivity contribution is -0.115. The number of amides is 1. The number of aliphatic imine (C=N–C) groups is 1. The van der Waals surface area contributed by atoms with Crippen LogP contribution in [0.1, 0.15) is 5.56 Å². The molecule has 0 unspecified atom stereocenters. The lowest BCUT2D eigenvalue weighted by Gasteiger charge is -2.06. The predicted molar refractivity (Wildman–Crippen MR) is 112 cm³/mol. The first-order valence-electron chi connectivity index (χ1n) is 7.08. The van der Waals surface area contributed by atoms with E-state index in [1.807, 2.05) is 24.3 Å². The molecule has 0 bridgehead atoms. The molecule has 0 aliphatic carbocycles. The number of phenols is 1. The average molecular weight is 531 g/mol. The molecule has 1 amide bonds. The van der Waals surface area contributed by atoms with Gasteiger partial charge in [0.05, 0.1) is 22.2 Å². The van der Waals surface area contributed by atoms with E-state index >= 15 is 0 Å². The second kappa shape index (κ2) is 7.79. The van der Waals surface area contributed by atoms with Crippen LogP contribution in [0.4, 0.5) is 5.69 Å². The summed E-state index contributed by atoms with van der Waals surface area (Å²) in [5.74, 6) is 0.143. The minimum Gasteiger partial charge on any atom is -0.503 e. The minimum atomic E-state index is -0.211. The maximum absolute atomic E-state index is 12.2. The summed E-state index contributed by atoms with van der Waals surface area (Å²) in [6.45, 7) is 0. The van der Waals surface area contributed by atoms with E-state index in [9.17, 15) is 9.90 Å². The fraction of sp³-hybridized carbons (Fsp3) is 0.0588. The van der Waals surface area contributed by atoms with Crippen LogP contribution in [0.25, 0.3) is 6.08 Å². The molecule has 0 aromatic heterocycles. The van der Waals surface area contributed by atoms with Crippen LogP contribution in [0.15, 0.2) is 50.8 Å². The van der Waals surface area contributed by atoms with Crippen molar-refractivity contribution < 1.29 is 14.6 Å². The van der Waals surface area contributed by atoms with Gasteiger partial charge < -0.3 is 15.2 Å². The van der Waals surface area contributed by atoms with Gasteiger partial charge in [0, 0.05) is 3.57 Å². The normalized spacial score (nSPS) is 17.2. The van der Waals surface area contributed by atoms with Crippen molar-refractivity contribution in [1.29, 1.82) is 0 Å². The molecule has 0 atom stereocenters. The number of carbonyl (C=O) groups is 1. The molecule has 2 N–H and O–H groups in total. The largest absolute Gasteiger partial charge is 0.503 e. The zero-order chi connectivity index (χ0) is 18.0. The molecule has 1 aliphatic heterocycles. The van der Waals surface area contributed by atoms with Crippen molar-refractivity contribution in [3.63, 3.8) is 0 Å². The standard InChI is InChI=1S/C17H12BrIN2O3S/c1-24-13-7-9(6-12(18)15(13)22)8-14-16(23)21-17(25-14)20-11-4-2-10(19)3-5-11/h2-8,22H,1H3,(H,20,21,23)/b14-8+. The average Bonchev–Trinajstić information content (AvgIpc) is 2.92. The Labute approximate surface area is 170 Å². The van der Waals surface area contributed by atoms with E-state index in [4.69, 9.17) is 4.74 Å². The van der Waals surface area contributed by atoms with Crippen molar-refractivity contribution in [3.8, 4) is 11.5 Å². The summed E-state index contributed by atoms with van der Waals surface area (Å²) in [7, 11) is 1.47. The molecular formula is C17H12BrIN2O3S. The Morgan fingerprint density at radius 2 is 2.04 bits per heavy atom. The summed E-state index contributed by atoms with van der Waals surface area (Å²) in [4.78, 5) is 17.1. The smallest absolute Gasteiger partial charge is 0.264 e. The SMILES string of the molecule is COc1cc(/C=C2/SC(=Nc3ccc(I)cc3)NC2=O)cc(Br)c1O. The summed E-state index contributed by atoms with van der Waals surface area (Å²) in [6, 6.07) is 11.1. The number of halogens is 2. The highest BCUT2D eigenvalue weighted by molar-refractivity contribution is 14.1. The highest BCUT2D eigenvalue weighted by Gasteiger charge is 2.24. The Morgan fingerprint density at radius 1 is 1.32 bits per heavy atom. The van der Waals surface area contributed by atoms with E-state index in [0.717, 1.165) is 14.8 Å². The number of ether oxygens (including phenoxy) is 1. The first-order chi connectivity index (χ1) is 12.0. The Bertz CT molecular complexity index is 898. The fourth-order valence-corrected chi connectivity index (χ4v) is 3.76. The number of hydrogen-bond donors (Lipinski definition) is 2. The van der Waals surface area contributed by atoms with Crippen LogP contribution in [-0.4, -0.2) is 23.3 Å². The topological polar surface area (TPSA) is 70.9 Å². The van der Waals surface area contributed by atoms with E-state index in [0.29, 0.717) is 20.3 Å². The van der Waals surface area contributed by atoms with Crippen LogP contribution in [-0.2, 0) is 4.79 Å². The molecule has 5 nitrogen and oxygen atoms in total. The summed E-state index contributed by atoms with van der Waals surface area (Å²) in [6.07, 6.45) is 1.73. The number of rotatable bonds is 3. The second-order valence-electron chi connectivity index (χ2n) is 5.01. The third kappa shape index (κ3) is 4.36. The van der Waals surface area contributed by atoms with E-state index in [1.165, 1.54) is 18.9 Å². The Balaban J connectivity index is 1.86. The van der Waals surface area contributed by atoms with Crippen molar-refractivity contribution in [2.45, 2.75) is 0 Å². The Kier molecular flexibility index (Phi) is 5.70. The number of hydrogen-bond acceptors (Lipinski definition) is 5. The molecule has 3 rings (SSSR count). The van der Waals surface area contributed by atoms with Crippen molar-refractivity contribution >= 4 is 73.1 Å². The predicted octanol–water partition coefficient (Wildman–Crippen LogP) is 4.66. The zero-order valence-electron chi connectivity index (χ0n) is 12.9. The molecule has 128 valence electrons. The molecule has 0 saturated carbocycles. The monoisotopic (exact) mass is 530 g/mol. The van der Waals surface area contributed by atoms with Crippen molar-refractivity contribution in [1.82, 2.24) is 5.32 Å². The third-order valence-electron chi connectivity index (χ3n) is 3.28. The summed E-state index contributed by atoms with van der Waals surface area (Å²) in [5, 5.41) is 13.1. The quantitative estimate of drug-likeness (QED) is 0.447. The minimum absolute atomic E-state index is 0.0223. The molecule has 0 radical (unpaired) electrons. The fourth-order valence-electron chi connectivity index (χ4n) is 2.10. The van der Waals surface area contributed by atoms with Gasteiger partial charge in [0.15, 0.2) is 16.7 Å². The second-order valence-corrected chi connectivity index (χ2v) is 8.14. The highest BCUT2D eigenvalue weighted by Crippen LogP contribution is 2.37. The molecule has 2 aromatic carbocycles. The molecule has 0 spiro atoms. The lowest BCUT2D eigenvalue weighted by Crippen LogP contribution is -2.19. The number of thioether (sulfide) groups is 1. The number of nitrogens with one attached hydrogen (secondary N) is 1. The number of amidine groups is 1. The summed E-state index contributed by atoms with van der Waals surface area (Å²) < 4.78 is 6.74. The maximum atomic E-state index is 12.2. The van der Waals surface area contributed by atoms with Crippen molar-refractivity contribution in [2.75, 3.05) is 7.11 Å². The van der Waals surface area contributed by atoms with Gasteiger partial charge in [0.2, 0.25) is 0 Å². The van der Waals surface area contributed by atoms with Gasteiger partial charge in [-0.2, -0.15) is 0 Å². The number of nitrogens with zero attached hydrogens (tertiary/aromatic N) is 1. The summed E-state index contributed by atoms with van der Waals surface area (Å²) in [5.41, 5.74) is 1.51. The third-order valence-corrected chi connectivity index (χ3v) is 5.51. The van der Waals surface area contributed by atoms with E-state index < -0.39 is 0 Å². The Morgan fingerprint density at radius 3 is 2.72 bits per heavy atom. The van der Waals surface area contributed by atoms with E-state index in [1.54, 1.807) is 18.2 Å². The van der Waals surface area contributed by atoms with E-state index in [2.05, 4.69) is 48.8 Å². The van der Waals surface area contributed by atoms with Crippen LogP contribution >= 0.6 is 50.3 Å². The van der Waals surface area contributed by atoms with Crippen LogP contribution in [0.2, 0.25) is 0 Å². The number of methoxy groups -OCH3 is 1. The number of carbonyl (C=O) groups excluding carboxylic acids is 1. The molecule has 25 heavy (non-hydrogen) atoms. The van der Waals surface area contributed by atoms with Crippen LogP contribution < -0.4 is 10.1 Å². The highest BCUT2D eigenvalue weighted by atomic mass is 127. The molecule has 1 fully saturated rings. The van der Waals surface area contributed by atoms with Crippen molar-refractivity contribution in [2.24, 2.45) is 4.99 Å². The first kappa shape index (κ1) is 18.3. The number of benzene rings is 2. The van der Waals surface area contributed by atoms with Gasteiger partial charge in [-0.05, 0) is 98.3 Å². The van der Waals surface area contributed by atoms with Crippen LogP contribution in [0, 0.1) is 3.57 Å². The van der Waals surface area contributed by atoms with Gasteiger partial charge in [-0.3, -0.25) is 4.79 Å². The molecule has 8 heteroatoms. The maximum Gasteiger partial charge on any atom is 0.264 e. The van der Waals surface area contributed by atoms with Gasteiger partial charge >= 0.3 is 0 Å². The zero-order valence-corrected chi connectivity index (χ0v) is 17.5. The molecule has 1 aliphatic rings. The number of phenolic OH excluding ortho intramolecular Hbond substituents is 1. The molecule has 2 aromatic rings. The molecular weight excluding hydrogens is 519 g/mol. The number of aromatic hydroxyl groups is 1. The molecule has 1 heterocycles. The molecule has 1 saturated heterocycles. The summed E-state index contributed by atoms with van der Waals surface area (Å²) >= 11 is 6.77. The van der Waals surface area contributed by atoms with Gasteiger partial charge in [-0.1, -0.05) is 0 Å². The lowest BCUT2D eigenvalue weighted by atomic mass is 10.2. The van der Waals surface area contributed by atoms with Gasteiger partial charge in [0.1, 0.15) is 0 Å². The van der Waals surface area contributed by atoms with Gasteiger partial charge in [-0.25, -0.2) is 4.99 Å². The first-order valence-corrected chi connectivity index (χ1v) is 9.77. The van der Waals surface area contributed by atoms with Crippen LogP contribution in [0.3, 0.4) is 0 Å². The Hall–Kier alpha value is -1.52. The van der Waals surface area contributed by atoms with Gasteiger partial charge in [0.25, 0.3) is 5.91 Å². The van der Waals surface area contributed by atoms with Gasteiger partial charge in [-0.15, -0.1) is 0 Å². The van der Waals surface area contributed by atoms with E-state index in [-0.39, 0.29) is 11.7 Å².